The second-order valence-electron chi connectivity index (χ2n) is 2.47. The van der Waals surface area contributed by atoms with Gasteiger partial charge in [-0.15, -0.1) is 0 Å². The Labute approximate surface area is 66.9 Å². The molecule has 1 N–H and O–H groups in total. The number of rotatable bonds is 3. The van der Waals surface area contributed by atoms with Crippen LogP contribution in [0.25, 0.3) is 0 Å². The standard InChI is InChI=1S/C8H13N3/c1-7-3-6-10-8(11-7)4-5-9-2/h3,6,9H,4-5H2,1-2H3. The van der Waals surface area contributed by atoms with Crippen LogP contribution < -0.4 is 5.32 Å². The lowest BCUT2D eigenvalue weighted by Crippen LogP contribution is -2.12. The molecule has 0 spiro atoms. The molecule has 1 heterocycles. The van der Waals surface area contributed by atoms with Crippen molar-refractivity contribution >= 4 is 0 Å². The lowest BCUT2D eigenvalue weighted by molar-refractivity contribution is 0.751. The summed E-state index contributed by atoms with van der Waals surface area (Å²) in [5, 5.41) is 3.06. The van der Waals surface area contributed by atoms with Gasteiger partial charge in [0.05, 0.1) is 0 Å². The molecule has 0 atom stereocenters. The Morgan fingerprint density at radius 1 is 1.55 bits per heavy atom. The Bertz CT molecular complexity index is 222. The second kappa shape index (κ2) is 4.03. The molecule has 0 bridgehead atoms. The molecule has 0 aliphatic heterocycles. The average molecular weight is 151 g/mol. The zero-order chi connectivity index (χ0) is 8.10. The van der Waals surface area contributed by atoms with Crippen molar-refractivity contribution in [1.82, 2.24) is 15.3 Å². The van der Waals surface area contributed by atoms with E-state index in [1.807, 2.05) is 20.0 Å². The lowest BCUT2D eigenvalue weighted by Gasteiger charge is -1.98. The third-order valence-electron chi connectivity index (χ3n) is 1.44. The monoisotopic (exact) mass is 151 g/mol. The number of nitrogens with one attached hydrogen (secondary N) is 1. The van der Waals surface area contributed by atoms with Crippen LogP contribution in [0.3, 0.4) is 0 Å². The van der Waals surface area contributed by atoms with E-state index in [1.54, 1.807) is 6.20 Å². The normalized spacial score (nSPS) is 10.0. The van der Waals surface area contributed by atoms with Crippen LogP contribution >= 0.6 is 0 Å². The van der Waals surface area contributed by atoms with Gasteiger partial charge in [-0.25, -0.2) is 9.97 Å². The molecule has 3 heteroatoms. The molecular formula is C8H13N3. The van der Waals surface area contributed by atoms with Gasteiger partial charge in [0, 0.05) is 24.9 Å². The summed E-state index contributed by atoms with van der Waals surface area (Å²) in [6, 6.07) is 1.91. The Morgan fingerprint density at radius 3 is 3.00 bits per heavy atom. The molecule has 0 saturated carbocycles. The Kier molecular flexibility index (Phi) is 2.98. The minimum absolute atomic E-state index is 0.901. The lowest BCUT2D eigenvalue weighted by atomic mass is 10.3. The summed E-state index contributed by atoms with van der Waals surface area (Å²) >= 11 is 0. The van der Waals surface area contributed by atoms with E-state index >= 15 is 0 Å². The first kappa shape index (κ1) is 8.14. The number of aromatic nitrogens is 2. The summed E-state index contributed by atoms with van der Waals surface area (Å²) in [6.07, 6.45) is 2.70. The van der Waals surface area contributed by atoms with Crippen molar-refractivity contribution in [2.45, 2.75) is 13.3 Å². The molecule has 0 radical (unpaired) electrons. The minimum Gasteiger partial charge on any atom is -0.319 e. The summed E-state index contributed by atoms with van der Waals surface area (Å²) in [5.41, 5.74) is 1.03. The van der Waals surface area contributed by atoms with Gasteiger partial charge in [-0.3, -0.25) is 0 Å². The molecule has 0 saturated heterocycles. The van der Waals surface area contributed by atoms with Gasteiger partial charge in [-0.05, 0) is 20.0 Å². The Balaban J connectivity index is 2.56. The van der Waals surface area contributed by atoms with Crippen molar-refractivity contribution in [3.05, 3.63) is 23.8 Å². The van der Waals surface area contributed by atoms with Crippen molar-refractivity contribution in [2.24, 2.45) is 0 Å². The molecule has 0 amide bonds. The molecule has 0 aliphatic carbocycles. The number of hydrogen-bond acceptors (Lipinski definition) is 3. The smallest absolute Gasteiger partial charge is 0.129 e. The largest absolute Gasteiger partial charge is 0.319 e. The van der Waals surface area contributed by atoms with Gasteiger partial charge in [0.25, 0.3) is 0 Å². The molecule has 0 aliphatic rings. The van der Waals surface area contributed by atoms with Gasteiger partial charge in [-0.1, -0.05) is 0 Å². The van der Waals surface area contributed by atoms with E-state index in [0.717, 1.165) is 24.5 Å². The molecule has 1 aromatic rings. The van der Waals surface area contributed by atoms with Gasteiger partial charge in [0.2, 0.25) is 0 Å². The third-order valence-corrected chi connectivity index (χ3v) is 1.44. The van der Waals surface area contributed by atoms with Crippen LogP contribution in [0.2, 0.25) is 0 Å². The zero-order valence-corrected chi connectivity index (χ0v) is 6.96. The minimum atomic E-state index is 0.901. The van der Waals surface area contributed by atoms with E-state index in [9.17, 15) is 0 Å². The first-order chi connectivity index (χ1) is 5.33. The highest BCUT2D eigenvalue weighted by atomic mass is 14.9. The van der Waals surface area contributed by atoms with Gasteiger partial charge < -0.3 is 5.32 Å². The quantitative estimate of drug-likeness (QED) is 0.685. The van der Waals surface area contributed by atoms with Crippen molar-refractivity contribution in [3.8, 4) is 0 Å². The number of aryl methyl sites for hydroxylation is 1. The van der Waals surface area contributed by atoms with E-state index < -0.39 is 0 Å². The highest BCUT2D eigenvalue weighted by molar-refractivity contribution is 4.99. The molecule has 1 aromatic heterocycles. The van der Waals surface area contributed by atoms with Gasteiger partial charge in [0.15, 0.2) is 0 Å². The van der Waals surface area contributed by atoms with Crippen LogP contribution in [0, 0.1) is 6.92 Å². The number of nitrogens with zero attached hydrogens (tertiary/aromatic N) is 2. The van der Waals surface area contributed by atoms with Crippen LogP contribution in [0.5, 0.6) is 0 Å². The Hall–Kier alpha value is -0.960. The van der Waals surface area contributed by atoms with Crippen LogP contribution in [0.1, 0.15) is 11.5 Å². The summed E-state index contributed by atoms with van der Waals surface area (Å²) in [4.78, 5) is 8.39. The fraction of sp³-hybridized carbons (Fsp3) is 0.500. The summed E-state index contributed by atoms with van der Waals surface area (Å²) in [6.45, 7) is 2.91. The summed E-state index contributed by atoms with van der Waals surface area (Å²) < 4.78 is 0. The van der Waals surface area contributed by atoms with Crippen LogP contribution in [-0.2, 0) is 6.42 Å². The predicted molar refractivity (Wildman–Crippen MR) is 44.4 cm³/mol. The van der Waals surface area contributed by atoms with Gasteiger partial charge >= 0.3 is 0 Å². The summed E-state index contributed by atoms with van der Waals surface area (Å²) in [7, 11) is 1.93. The van der Waals surface area contributed by atoms with E-state index in [0.29, 0.717) is 0 Å². The van der Waals surface area contributed by atoms with Crippen molar-refractivity contribution in [3.63, 3.8) is 0 Å². The molecular weight excluding hydrogens is 138 g/mol. The van der Waals surface area contributed by atoms with Gasteiger partial charge in [0.1, 0.15) is 5.82 Å². The van der Waals surface area contributed by atoms with E-state index in [4.69, 9.17) is 0 Å². The van der Waals surface area contributed by atoms with E-state index in [2.05, 4.69) is 15.3 Å². The zero-order valence-electron chi connectivity index (χ0n) is 6.96. The van der Waals surface area contributed by atoms with Crippen molar-refractivity contribution in [2.75, 3.05) is 13.6 Å². The molecule has 0 aromatic carbocycles. The molecule has 1 rings (SSSR count). The SMILES string of the molecule is CNCCc1nccc(C)n1. The highest BCUT2D eigenvalue weighted by Crippen LogP contribution is 1.92. The fourth-order valence-corrected chi connectivity index (χ4v) is 0.858. The van der Waals surface area contributed by atoms with Gasteiger partial charge in [-0.2, -0.15) is 0 Å². The van der Waals surface area contributed by atoms with Crippen molar-refractivity contribution < 1.29 is 0 Å². The van der Waals surface area contributed by atoms with Crippen molar-refractivity contribution in [1.29, 1.82) is 0 Å². The topological polar surface area (TPSA) is 37.8 Å². The molecule has 11 heavy (non-hydrogen) atoms. The summed E-state index contributed by atoms with van der Waals surface area (Å²) in [5.74, 6) is 0.916. The number of hydrogen-bond donors (Lipinski definition) is 1. The van der Waals surface area contributed by atoms with Crippen LogP contribution in [0.4, 0.5) is 0 Å². The second-order valence-corrected chi connectivity index (χ2v) is 2.47. The van der Waals surface area contributed by atoms with E-state index in [1.165, 1.54) is 0 Å². The maximum Gasteiger partial charge on any atom is 0.129 e. The molecule has 3 nitrogen and oxygen atoms in total. The maximum atomic E-state index is 4.26. The van der Waals surface area contributed by atoms with E-state index in [-0.39, 0.29) is 0 Å². The van der Waals surface area contributed by atoms with Crippen LogP contribution in [-0.4, -0.2) is 23.6 Å². The first-order valence-corrected chi connectivity index (χ1v) is 3.76. The Morgan fingerprint density at radius 2 is 2.36 bits per heavy atom. The third kappa shape index (κ3) is 2.63. The molecule has 0 fully saturated rings. The predicted octanol–water partition coefficient (Wildman–Crippen LogP) is 0.547. The molecule has 60 valence electrons. The highest BCUT2D eigenvalue weighted by Gasteiger charge is 1.93. The number of likely N-dealkylation sites (N-methyl/N-ethyl adjacent to an activating group) is 1. The maximum absolute atomic E-state index is 4.26. The molecule has 0 unspecified atom stereocenters. The first-order valence-electron chi connectivity index (χ1n) is 3.76. The van der Waals surface area contributed by atoms with Crippen LogP contribution in [0.15, 0.2) is 12.3 Å². The fourth-order valence-electron chi connectivity index (χ4n) is 0.858. The average Bonchev–Trinajstić information content (AvgIpc) is 2.01.